The van der Waals surface area contributed by atoms with E-state index in [4.69, 9.17) is 20.9 Å². The first kappa shape index (κ1) is 16.1. The molecule has 0 aliphatic carbocycles. The Bertz CT molecular complexity index is 563. The molecule has 2 nitrogen and oxygen atoms in total. The molecule has 0 bridgehead atoms. The van der Waals surface area contributed by atoms with Crippen molar-refractivity contribution in [3.8, 4) is 11.5 Å². The Labute approximate surface area is 140 Å². The maximum atomic E-state index is 5.90. The molecule has 20 heavy (non-hydrogen) atoms. The summed E-state index contributed by atoms with van der Waals surface area (Å²) in [5, 5.41) is 0. The van der Waals surface area contributed by atoms with Gasteiger partial charge in [-0.3, -0.25) is 0 Å². The van der Waals surface area contributed by atoms with E-state index in [-0.39, 0.29) is 0 Å². The molecule has 0 radical (unpaired) electrons. The Hall–Kier alpha value is -0.230. The minimum atomic E-state index is -2.44. The number of aryl methyl sites for hydroxylation is 2. The molecule has 0 aliphatic heterocycles. The molecule has 0 amide bonds. The van der Waals surface area contributed by atoms with Crippen LogP contribution in [0.2, 0.25) is 0 Å². The minimum Gasteiger partial charge on any atom is -0.428 e. The van der Waals surface area contributed by atoms with Gasteiger partial charge in [0, 0.05) is 41.6 Å². The van der Waals surface area contributed by atoms with Gasteiger partial charge in [-0.2, -0.15) is 0 Å². The Kier molecular flexibility index (Phi) is 5.78. The standard InChI is InChI=1S/C14H14IO2PS2/c1-11-3-7-13(8-4-11)16-18(19,20-15)17-14-9-5-12(2)6-10-14/h3-10H,1-2H3. The number of halogens is 1. The van der Waals surface area contributed by atoms with Gasteiger partial charge in [0.2, 0.25) is 0 Å². The van der Waals surface area contributed by atoms with E-state index in [0.717, 1.165) is 11.5 Å². The van der Waals surface area contributed by atoms with Gasteiger partial charge in [-0.15, -0.1) is 0 Å². The Morgan fingerprint density at radius 1 is 0.850 bits per heavy atom. The molecule has 2 rings (SSSR count). The van der Waals surface area contributed by atoms with Crippen LogP contribution in [0, 0.1) is 13.8 Å². The van der Waals surface area contributed by atoms with E-state index in [1.807, 2.05) is 62.4 Å². The first-order valence-corrected chi connectivity index (χ1v) is 12.5. The Balaban J connectivity index is 2.14. The zero-order valence-electron chi connectivity index (χ0n) is 11.1. The van der Waals surface area contributed by atoms with E-state index in [1.54, 1.807) is 0 Å². The van der Waals surface area contributed by atoms with Gasteiger partial charge in [0.25, 0.3) is 0 Å². The van der Waals surface area contributed by atoms with Gasteiger partial charge in [0.15, 0.2) is 0 Å². The molecule has 0 aliphatic rings. The number of hydrogen-bond donors (Lipinski definition) is 0. The molecule has 0 fully saturated rings. The Morgan fingerprint density at radius 3 is 1.50 bits per heavy atom. The van der Waals surface area contributed by atoms with Crippen molar-refractivity contribution in [3.63, 3.8) is 0 Å². The first-order chi connectivity index (χ1) is 9.50. The van der Waals surface area contributed by atoms with Gasteiger partial charge in [-0.1, -0.05) is 35.4 Å². The Morgan fingerprint density at radius 2 is 1.20 bits per heavy atom. The molecule has 0 unspecified atom stereocenters. The van der Waals surface area contributed by atoms with Crippen LogP contribution in [-0.4, -0.2) is 0 Å². The van der Waals surface area contributed by atoms with Crippen molar-refractivity contribution in [2.45, 2.75) is 13.8 Å². The molecule has 0 atom stereocenters. The van der Waals surface area contributed by atoms with E-state index in [0.29, 0.717) is 0 Å². The highest BCUT2D eigenvalue weighted by Gasteiger charge is 2.22. The van der Waals surface area contributed by atoms with Crippen LogP contribution in [0.3, 0.4) is 0 Å². The third-order valence-electron chi connectivity index (χ3n) is 2.56. The normalized spacial score (nSPS) is 11.2. The van der Waals surface area contributed by atoms with Crippen LogP contribution in [0.5, 0.6) is 11.5 Å². The predicted molar refractivity (Wildman–Crippen MR) is 99.5 cm³/mol. The third-order valence-corrected chi connectivity index (χ3v) is 12.7. The van der Waals surface area contributed by atoms with E-state index < -0.39 is 5.69 Å². The second-order valence-corrected chi connectivity index (χ2v) is 13.3. The molecule has 0 N–H and O–H groups in total. The molecule has 6 heteroatoms. The summed E-state index contributed by atoms with van der Waals surface area (Å²) >= 11 is 7.70. The molecular formula is C14H14IO2PS2. The summed E-state index contributed by atoms with van der Waals surface area (Å²) in [7, 11) is 1.42. The van der Waals surface area contributed by atoms with Gasteiger partial charge in [-0.05, 0) is 38.1 Å². The SMILES string of the molecule is Cc1ccc(OP(=S)(Oc2ccc(C)cc2)SI)cc1. The average Bonchev–Trinajstić information content (AvgIpc) is 2.44. The zero-order chi connectivity index (χ0) is 14.6. The van der Waals surface area contributed by atoms with Crippen LogP contribution < -0.4 is 9.05 Å². The lowest BCUT2D eigenvalue weighted by Gasteiger charge is -2.20. The van der Waals surface area contributed by atoms with Crippen LogP contribution in [-0.2, 0) is 11.8 Å². The van der Waals surface area contributed by atoms with Crippen LogP contribution in [0.15, 0.2) is 48.5 Å². The summed E-state index contributed by atoms with van der Waals surface area (Å²) in [6, 6.07) is 15.7. The van der Waals surface area contributed by atoms with E-state index >= 15 is 0 Å². The fourth-order valence-electron chi connectivity index (χ4n) is 1.50. The summed E-state index contributed by atoms with van der Waals surface area (Å²) in [5.74, 6) is 1.49. The third kappa shape index (κ3) is 4.65. The molecule has 0 saturated carbocycles. The van der Waals surface area contributed by atoms with Gasteiger partial charge in [-0.25, -0.2) is 0 Å². The van der Waals surface area contributed by atoms with Gasteiger partial charge in [0.05, 0.1) is 0 Å². The van der Waals surface area contributed by atoms with E-state index in [2.05, 4.69) is 21.2 Å². The molecule has 0 heterocycles. The van der Waals surface area contributed by atoms with Crippen LogP contribution in [0.25, 0.3) is 0 Å². The van der Waals surface area contributed by atoms with Crippen LogP contribution in [0.4, 0.5) is 0 Å². The highest BCUT2D eigenvalue weighted by molar-refractivity contribution is 14.2. The number of rotatable bonds is 5. The lowest BCUT2D eigenvalue weighted by Crippen LogP contribution is -1.96. The molecule has 2 aromatic rings. The quantitative estimate of drug-likeness (QED) is 0.418. The number of benzene rings is 2. The maximum absolute atomic E-state index is 5.90. The summed E-state index contributed by atoms with van der Waals surface area (Å²) in [5.41, 5.74) is -0.0631. The monoisotopic (exact) mass is 436 g/mol. The molecule has 0 aromatic heterocycles. The maximum Gasteiger partial charge on any atom is 0.358 e. The minimum absolute atomic E-state index is 0.746. The van der Waals surface area contributed by atoms with Crippen molar-refractivity contribution in [2.24, 2.45) is 0 Å². The van der Waals surface area contributed by atoms with Crippen LogP contribution >= 0.6 is 35.5 Å². The van der Waals surface area contributed by atoms with Crippen molar-refractivity contribution < 1.29 is 9.05 Å². The second-order valence-electron chi connectivity index (χ2n) is 4.32. The molecule has 0 spiro atoms. The smallest absolute Gasteiger partial charge is 0.358 e. The zero-order valence-corrected chi connectivity index (χ0v) is 15.8. The van der Waals surface area contributed by atoms with E-state index in [1.165, 1.54) is 19.7 Å². The van der Waals surface area contributed by atoms with Gasteiger partial charge >= 0.3 is 5.69 Å². The fourth-order valence-corrected chi connectivity index (χ4v) is 5.01. The van der Waals surface area contributed by atoms with Crippen molar-refractivity contribution >= 4 is 47.3 Å². The molecule has 0 saturated heterocycles. The molecule has 2 aromatic carbocycles. The summed E-state index contributed by atoms with van der Waals surface area (Å²) in [6.45, 7) is 4.07. The van der Waals surface area contributed by atoms with Gasteiger partial charge < -0.3 is 9.05 Å². The highest BCUT2D eigenvalue weighted by atomic mass is 127. The van der Waals surface area contributed by atoms with Crippen molar-refractivity contribution in [1.29, 1.82) is 0 Å². The predicted octanol–water partition coefficient (Wildman–Crippen LogP) is 6.07. The van der Waals surface area contributed by atoms with Crippen LogP contribution in [0.1, 0.15) is 11.1 Å². The van der Waals surface area contributed by atoms with E-state index in [9.17, 15) is 0 Å². The van der Waals surface area contributed by atoms with Crippen molar-refractivity contribution in [2.75, 3.05) is 0 Å². The first-order valence-electron chi connectivity index (χ1n) is 5.94. The van der Waals surface area contributed by atoms with Crippen molar-refractivity contribution in [1.82, 2.24) is 0 Å². The second kappa shape index (κ2) is 7.16. The molecule has 106 valence electrons. The lowest BCUT2D eigenvalue weighted by molar-refractivity contribution is 0.507. The van der Waals surface area contributed by atoms with Gasteiger partial charge in [0.1, 0.15) is 11.5 Å². The fraction of sp³-hybridized carbons (Fsp3) is 0.143. The highest BCUT2D eigenvalue weighted by Crippen LogP contribution is 2.63. The summed E-state index contributed by atoms with van der Waals surface area (Å²) in [6.07, 6.45) is 0. The lowest BCUT2D eigenvalue weighted by atomic mass is 10.2. The average molecular weight is 436 g/mol. The summed E-state index contributed by atoms with van der Waals surface area (Å²) in [4.78, 5) is 0. The van der Waals surface area contributed by atoms with Crippen molar-refractivity contribution in [3.05, 3.63) is 59.7 Å². The molecular weight excluding hydrogens is 422 g/mol. The topological polar surface area (TPSA) is 18.5 Å². The number of hydrogen-bond acceptors (Lipinski definition) is 4. The largest absolute Gasteiger partial charge is 0.428 e. The summed E-state index contributed by atoms with van der Waals surface area (Å²) < 4.78 is 11.8.